The molecule has 0 saturated heterocycles. The molecule has 0 fully saturated rings. The molecule has 0 aliphatic rings. The second-order valence-electron chi connectivity index (χ2n) is 3.56. The van der Waals surface area contributed by atoms with Crippen LogP contribution in [-0.4, -0.2) is 21.0 Å². The van der Waals surface area contributed by atoms with Gasteiger partial charge in [0, 0.05) is 22.2 Å². The first kappa shape index (κ1) is 13.0. The SMILES string of the molecule is CCc1nc(CSc2ccnc(C(=O)O)c2)cs1. The lowest BCUT2D eigenvalue weighted by Crippen LogP contribution is -1.99. The molecule has 0 aliphatic carbocycles. The Kier molecular flexibility index (Phi) is 4.33. The van der Waals surface area contributed by atoms with E-state index in [9.17, 15) is 4.79 Å². The van der Waals surface area contributed by atoms with Crippen LogP contribution in [0.5, 0.6) is 0 Å². The van der Waals surface area contributed by atoms with Gasteiger partial charge in [-0.05, 0) is 18.6 Å². The second-order valence-corrected chi connectivity index (χ2v) is 5.55. The zero-order chi connectivity index (χ0) is 13.0. The molecule has 0 radical (unpaired) electrons. The number of rotatable bonds is 5. The highest BCUT2D eigenvalue weighted by molar-refractivity contribution is 7.98. The molecule has 0 aromatic carbocycles. The van der Waals surface area contributed by atoms with Crippen molar-refractivity contribution in [2.75, 3.05) is 0 Å². The third-order valence-electron chi connectivity index (χ3n) is 2.24. The van der Waals surface area contributed by atoms with Gasteiger partial charge in [0.05, 0.1) is 10.7 Å². The predicted molar refractivity (Wildman–Crippen MR) is 72.2 cm³/mol. The van der Waals surface area contributed by atoms with E-state index in [0.717, 1.165) is 27.8 Å². The van der Waals surface area contributed by atoms with Crippen LogP contribution in [0.2, 0.25) is 0 Å². The summed E-state index contributed by atoms with van der Waals surface area (Å²) in [5, 5.41) is 12.0. The Morgan fingerprint density at radius 2 is 2.39 bits per heavy atom. The fourth-order valence-corrected chi connectivity index (χ4v) is 3.02. The van der Waals surface area contributed by atoms with Crippen molar-refractivity contribution in [3.05, 3.63) is 40.1 Å². The van der Waals surface area contributed by atoms with Gasteiger partial charge in [-0.25, -0.2) is 14.8 Å². The third-order valence-corrected chi connectivity index (χ3v) is 4.31. The van der Waals surface area contributed by atoms with E-state index in [-0.39, 0.29) is 5.69 Å². The maximum atomic E-state index is 10.8. The summed E-state index contributed by atoms with van der Waals surface area (Å²) in [6.45, 7) is 2.08. The van der Waals surface area contributed by atoms with E-state index < -0.39 is 5.97 Å². The molecule has 18 heavy (non-hydrogen) atoms. The van der Waals surface area contributed by atoms with Crippen LogP contribution in [-0.2, 0) is 12.2 Å². The molecule has 2 aromatic rings. The van der Waals surface area contributed by atoms with Crippen LogP contribution in [0.15, 0.2) is 28.6 Å². The number of hydrogen-bond acceptors (Lipinski definition) is 5. The van der Waals surface area contributed by atoms with Crippen LogP contribution in [0.4, 0.5) is 0 Å². The molecule has 6 heteroatoms. The number of carboxylic acids is 1. The van der Waals surface area contributed by atoms with Gasteiger partial charge in [0.15, 0.2) is 0 Å². The van der Waals surface area contributed by atoms with Crippen LogP contribution in [0.25, 0.3) is 0 Å². The van der Waals surface area contributed by atoms with Crippen LogP contribution < -0.4 is 0 Å². The van der Waals surface area contributed by atoms with Gasteiger partial charge >= 0.3 is 5.97 Å². The highest BCUT2D eigenvalue weighted by Gasteiger charge is 2.06. The first-order chi connectivity index (χ1) is 8.69. The molecule has 0 spiro atoms. The molecule has 0 aliphatic heterocycles. The summed E-state index contributed by atoms with van der Waals surface area (Å²) in [7, 11) is 0. The summed E-state index contributed by atoms with van der Waals surface area (Å²) in [6.07, 6.45) is 2.47. The van der Waals surface area contributed by atoms with Crippen LogP contribution >= 0.6 is 23.1 Å². The van der Waals surface area contributed by atoms with E-state index in [4.69, 9.17) is 5.11 Å². The maximum absolute atomic E-state index is 10.8. The van der Waals surface area contributed by atoms with Crippen molar-refractivity contribution in [2.24, 2.45) is 0 Å². The van der Waals surface area contributed by atoms with Crippen molar-refractivity contribution in [3.63, 3.8) is 0 Å². The Hall–Kier alpha value is -1.40. The normalized spacial score (nSPS) is 10.5. The topological polar surface area (TPSA) is 63.1 Å². The number of carboxylic acid groups (broad SMARTS) is 1. The first-order valence-electron chi connectivity index (χ1n) is 5.44. The van der Waals surface area contributed by atoms with E-state index in [0.29, 0.717) is 0 Å². The predicted octanol–water partition coefficient (Wildman–Crippen LogP) is 3.09. The molecule has 0 bridgehead atoms. The highest BCUT2D eigenvalue weighted by Crippen LogP contribution is 2.23. The van der Waals surface area contributed by atoms with E-state index >= 15 is 0 Å². The summed E-state index contributed by atoms with van der Waals surface area (Å²) in [4.78, 5) is 19.9. The van der Waals surface area contributed by atoms with Gasteiger partial charge in [0.2, 0.25) is 0 Å². The van der Waals surface area contributed by atoms with Crippen LogP contribution in [0.1, 0.15) is 28.1 Å². The molecule has 0 unspecified atom stereocenters. The summed E-state index contributed by atoms with van der Waals surface area (Å²) in [6, 6.07) is 3.39. The summed E-state index contributed by atoms with van der Waals surface area (Å²) >= 11 is 3.23. The van der Waals surface area contributed by atoms with Crippen molar-refractivity contribution in [2.45, 2.75) is 24.0 Å². The molecular formula is C12H12N2O2S2. The van der Waals surface area contributed by atoms with Crippen molar-refractivity contribution in [1.29, 1.82) is 0 Å². The highest BCUT2D eigenvalue weighted by atomic mass is 32.2. The minimum absolute atomic E-state index is 0.0764. The summed E-state index contributed by atoms with van der Waals surface area (Å²) in [5.74, 6) is -0.251. The number of aromatic nitrogens is 2. The lowest BCUT2D eigenvalue weighted by atomic mass is 10.3. The molecular weight excluding hydrogens is 268 g/mol. The fourth-order valence-electron chi connectivity index (χ4n) is 1.35. The third kappa shape index (κ3) is 3.30. The quantitative estimate of drug-likeness (QED) is 0.853. The summed E-state index contributed by atoms with van der Waals surface area (Å²) < 4.78 is 0. The lowest BCUT2D eigenvalue weighted by Gasteiger charge is -2.00. The van der Waals surface area contributed by atoms with E-state index in [2.05, 4.69) is 16.9 Å². The van der Waals surface area contributed by atoms with Gasteiger partial charge in [0.25, 0.3) is 0 Å². The number of aryl methyl sites for hydroxylation is 1. The number of thioether (sulfide) groups is 1. The van der Waals surface area contributed by atoms with Gasteiger partial charge in [-0.1, -0.05) is 6.92 Å². The second kappa shape index (κ2) is 5.97. The molecule has 4 nitrogen and oxygen atoms in total. The largest absolute Gasteiger partial charge is 0.477 e. The first-order valence-corrected chi connectivity index (χ1v) is 7.31. The average molecular weight is 280 g/mol. The Balaban J connectivity index is 2.01. The molecule has 2 heterocycles. The Bertz CT molecular complexity index is 555. The average Bonchev–Trinajstić information content (AvgIpc) is 2.84. The standard InChI is InChI=1S/C12H12N2O2S2/c1-2-11-14-8(7-18-11)6-17-9-3-4-13-10(5-9)12(15)16/h3-5,7H,2,6H2,1H3,(H,15,16). The molecule has 94 valence electrons. The van der Waals surface area contributed by atoms with E-state index in [1.165, 1.54) is 6.20 Å². The smallest absolute Gasteiger partial charge is 0.354 e. The fraction of sp³-hybridized carbons (Fsp3) is 0.250. The van der Waals surface area contributed by atoms with Crippen molar-refractivity contribution < 1.29 is 9.90 Å². The molecule has 2 rings (SSSR count). The van der Waals surface area contributed by atoms with Gasteiger partial charge in [0.1, 0.15) is 5.69 Å². The molecule has 0 amide bonds. The van der Waals surface area contributed by atoms with Gasteiger partial charge in [-0.3, -0.25) is 0 Å². The number of aromatic carboxylic acids is 1. The van der Waals surface area contributed by atoms with Crippen molar-refractivity contribution >= 4 is 29.1 Å². The minimum Gasteiger partial charge on any atom is -0.477 e. The molecule has 1 N–H and O–H groups in total. The van der Waals surface area contributed by atoms with E-state index in [1.54, 1.807) is 29.2 Å². The number of thiazole rings is 1. The molecule has 2 aromatic heterocycles. The van der Waals surface area contributed by atoms with Crippen LogP contribution in [0, 0.1) is 0 Å². The van der Waals surface area contributed by atoms with Crippen LogP contribution in [0.3, 0.4) is 0 Å². The monoisotopic (exact) mass is 280 g/mol. The van der Waals surface area contributed by atoms with E-state index in [1.807, 2.05) is 11.4 Å². The Morgan fingerprint density at radius 3 is 3.06 bits per heavy atom. The minimum atomic E-state index is -1.00. The number of carbonyl (C=O) groups is 1. The lowest BCUT2D eigenvalue weighted by molar-refractivity contribution is 0.0690. The maximum Gasteiger partial charge on any atom is 0.354 e. The Labute approximate surface area is 113 Å². The van der Waals surface area contributed by atoms with Gasteiger partial charge in [-0.2, -0.15) is 0 Å². The van der Waals surface area contributed by atoms with Gasteiger partial charge in [-0.15, -0.1) is 23.1 Å². The summed E-state index contributed by atoms with van der Waals surface area (Å²) in [5.41, 5.74) is 1.11. The van der Waals surface area contributed by atoms with Crippen molar-refractivity contribution in [1.82, 2.24) is 9.97 Å². The number of nitrogens with zero attached hydrogens (tertiary/aromatic N) is 2. The number of hydrogen-bond donors (Lipinski definition) is 1. The zero-order valence-electron chi connectivity index (χ0n) is 9.79. The number of pyridine rings is 1. The van der Waals surface area contributed by atoms with Gasteiger partial charge < -0.3 is 5.11 Å². The Morgan fingerprint density at radius 1 is 1.56 bits per heavy atom. The van der Waals surface area contributed by atoms with Crippen molar-refractivity contribution in [3.8, 4) is 0 Å². The zero-order valence-corrected chi connectivity index (χ0v) is 11.4. The molecule has 0 saturated carbocycles. The molecule has 0 atom stereocenters.